The molecule has 1 aromatic heterocycles. The summed E-state index contributed by atoms with van der Waals surface area (Å²) in [6.45, 7) is 3.73. The number of hydrogen-bond donors (Lipinski definition) is 1. The lowest BCUT2D eigenvalue weighted by Crippen LogP contribution is -2.43. The fourth-order valence-electron chi connectivity index (χ4n) is 4.11. The highest BCUT2D eigenvalue weighted by Gasteiger charge is 2.82. The van der Waals surface area contributed by atoms with Crippen LogP contribution in [0.1, 0.15) is 35.7 Å². The third-order valence-corrected chi connectivity index (χ3v) is 6.88. The van der Waals surface area contributed by atoms with Gasteiger partial charge in [-0.1, -0.05) is 22.9 Å². The fraction of sp³-hybridized carbons (Fsp3) is 0.529. The van der Waals surface area contributed by atoms with Crippen LogP contribution in [-0.2, 0) is 10.2 Å². The standard InChI is InChI=1S/C17H20F2N4O3S/c1-10-3-4-11(2)12(9-10)15-21-14(22-26-15)13-16(17(13,18)19)5-7-23(8-6-16)27(20,24)25/h3-4,9,13H,5-8H2,1-2H3,(H2,20,24,25)/t13-/m0/s1. The van der Waals surface area contributed by atoms with Crippen LogP contribution in [-0.4, -0.2) is 41.9 Å². The molecule has 1 spiro atoms. The van der Waals surface area contributed by atoms with Crippen molar-refractivity contribution in [1.82, 2.24) is 14.4 Å². The van der Waals surface area contributed by atoms with E-state index < -0.39 is 27.5 Å². The Morgan fingerprint density at radius 1 is 1.26 bits per heavy atom. The fourth-order valence-corrected chi connectivity index (χ4v) is 4.80. The molecule has 1 atom stereocenters. The van der Waals surface area contributed by atoms with Crippen LogP contribution in [0, 0.1) is 19.3 Å². The highest BCUT2D eigenvalue weighted by Crippen LogP contribution is 2.75. The van der Waals surface area contributed by atoms with Crippen LogP contribution < -0.4 is 5.14 Å². The molecule has 1 saturated heterocycles. The number of halogens is 2. The van der Waals surface area contributed by atoms with Crippen molar-refractivity contribution in [3.8, 4) is 11.5 Å². The second-order valence-electron chi connectivity index (χ2n) is 7.43. The van der Waals surface area contributed by atoms with E-state index in [4.69, 9.17) is 9.66 Å². The first-order chi connectivity index (χ1) is 12.6. The van der Waals surface area contributed by atoms with Gasteiger partial charge >= 0.3 is 0 Å². The number of aryl methyl sites for hydroxylation is 2. The molecule has 4 rings (SSSR count). The van der Waals surface area contributed by atoms with Crippen molar-refractivity contribution >= 4 is 10.2 Å². The minimum atomic E-state index is -3.87. The molecule has 1 saturated carbocycles. The summed E-state index contributed by atoms with van der Waals surface area (Å²) < 4.78 is 58.5. The highest BCUT2D eigenvalue weighted by atomic mass is 32.2. The normalized spacial score (nSPS) is 24.3. The molecule has 7 nitrogen and oxygen atoms in total. The maximum absolute atomic E-state index is 14.7. The monoisotopic (exact) mass is 398 g/mol. The molecule has 2 aromatic rings. The maximum Gasteiger partial charge on any atom is 0.276 e. The van der Waals surface area contributed by atoms with Gasteiger partial charge in [-0.3, -0.25) is 0 Å². The van der Waals surface area contributed by atoms with Gasteiger partial charge in [0.05, 0.1) is 11.3 Å². The molecule has 0 unspecified atom stereocenters. The Morgan fingerprint density at radius 2 is 1.93 bits per heavy atom. The van der Waals surface area contributed by atoms with Gasteiger partial charge in [-0.15, -0.1) is 0 Å². The quantitative estimate of drug-likeness (QED) is 0.855. The van der Waals surface area contributed by atoms with E-state index >= 15 is 0 Å². The van der Waals surface area contributed by atoms with Crippen LogP contribution in [0.3, 0.4) is 0 Å². The Kier molecular flexibility index (Phi) is 3.96. The molecule has 1 aromatic carbocycles. The number of nitrogens with two attached hydrogens (primary N) is 1. The average molecular weight is 398 g/mol. The summed E-state index contributed by atoms with van der Waals surface area (Å²) in [7, 11) is -3.87. The number of benzene rings is 1. The van der Waals surface area contributed by atoms with Crippen molar-refractivity contribution < 1.29 is 21.7 Å². The summed E-state index contributed by atoms with van der Waals surface area (Å²) in [5.41, 5.74) is 1.29. The average Bonchev–Trinajstić information content (AvgIpc) is 2.90. The first-order valence-electron chi connectivity index (χ1n) is 8.63. The molecule has 1 aliphatic carbocycles. The minimum absolute atomic E-state index is 0.00838. The van der Waals surface area contributed by atoms with Crippen LogP contribution in [0.15, 0.2) is 22.7 Å². The van der Waals surface area contributed by atoms with Crippen molar-refractivity contribution in [3.63, 3.8) is 0 Å². The number of piperidine rings is 1. The molecule has 2 fully saturated rings. The zero-order chi connectivity index (χ0) is 19.6. The Labute approximate surface area is 155 Å². The molecule has 1 aliphatic heterocycles. The van der Waals surface area contributed by atoms with E-state index in [0.29, 0.717) is 0 Å². The highest BCUT2D eigenvalue weighted by molar-refractivity contribution is 7.86. The lowest BCUT2D eigenvalue weighted by atomic mass is 9.91. The van der Waals surface area contributed by atoms with E-state index in [-0.39, 0.29) is 37.6 Å². The zero-order valence-electron chi connectivity index (χ0n) is 14.9. The molecule has 0 radical (unpaired) electrons. The second-order valence-corrected chi connectivity index (χ2v) is 8.98. The van der Waals surface area contributed by atoms with Gasteiger partial charge in [-0.05, 0) is 38.3 Å². The zero-order valence-corrected chi connectivity index (χ0v) is 15.8. The predicted molar refractivity (Wildman–Crippen MR) is 93.2 cm³/mol. The van der Waals surface area contributed by atoms with Crippen LogP contribution in [0.4, 0.5) is 8.78 Å². The third-order valence-electron chi connectivity index (χ3n) is 5.79. The smallest absolute Gasteiger partial charge is 0.276 e. The molecule has 2 aliphatic rings. The first-order valence-corrected chi connectivity index (χ1v) is 10.1. The van der Waals surface area contributed by atoms with Crippen molar-refractivity contribution in [1.29, 1.82) is 0 Å². The van der Waals surface area contributed by atoms with E-state index in [1.807, 2.05) is 32.0 Å². The van der Waals surface area contributed by atoms with E-state index in [1.54, 1.807) is 0 Å². The van der Waals surface area contributed by atoms with Gasteiger partial charge in [0, 0.05) is 18.7 Å². The third kappa shape index (κ3) is 2.77. The SMILES string of the molecule is Cc1ccc(C)c(-c2nc([C@@H]3C(F)(F)C34CCN(S(N)(=O)=O)CC4)no2)c1. The lowest BCUT2D eigenvalue weighted by molar-refractivity contribution is 0.0411. The van der Waals surface area contributed by atoms with Gasteiger partial charge in [0.1, 0.15) is 0 Å². The molecular formula is C17H20F2N4O3S. The summed E-state index contributed by atoms with van der Waals surface area (Å²) in [5, 5.41) is 8.91. The number of alkyl halides is 2. The molecule has 0 bridgehead atoms. The molecule has 2 N–H and O–H groups in total. The van der Waals surface area contributed by atoms with Crippen molar-refractivity contribution in [2.75, 3.05) is 13.1 Å². The van der Waals surface area contributed by atoms with Crippen molar-refractivity contribution in [2.45, 2.75) is 38.5 Å². The summed E-state index contributed by atoms with van der Waals surface area (Å²) in [6, 6.07) is 5.72. The van der Waals surface area contributed by atoms with E-state index in [2.05, 4.69) is 10.1 Å². The van der Waals surface area contributed by atoms with Gasteiger partial charge in [-0.2, -0.15) is 17.7 Å². The maximum atomic E-state index is 14.7. The molecule has 146 valence electrons. The summed E-state index contributed by atoms with van der Waals surface area (Å²) in [5.74, 6) is -3.98. The Bertz CT molecular complexity index is 997. The van der Waals surface area contributed by atoms with E-state index in [1.165, 1.54) is 0 Å². The molecule has 10 heteroatoms. The molecule has 27 heavy (non-hydrogen) atoms. The van der Waals surface area contributed by atoms with Gasteiger partial charge in [0.25, 0.3) is 22.0 Å². The van der Waals surface area contributed by atoms with Gasteiger partial charge in [-0.25, -0.2) is 13.9 Å². The van der Waals surface area contributed by atoms with Crippen LogP contribution >= 0.6 is 0 Å². The Hall–Kier alpha value is -1.91. The van der Waals surface area contributed by atoms with E-state index in [9.17, 15) is 17.2 Å². The summed E-state index contributed by atoms with van der Waals surface area (Å²) in [6.07, 6.45) is 0.0168. The molecule has 2 heterocycles. The first kappa shape index (κ1) is 18.5. The number of nitrogens with zero attached hydrogens (tertiary/aromatic N) is 3. The predicted octanol–water partition coefficient (Wildman–Crippen LogP) is 2.37. The lowest BCUT2D eigenvalue weighted by Gasteiger charge is -2.30. The number of rotatable bonds is 3. The molecular weight excluding hydrogens is 378 g/mol. The van der Waals surface area contributed by atoms with Crippen LogP contribution in [0.25, 0.3) is 11.5 Å². The van der Waals surface area contributed by atoms with E-state index in [0.717, 1.165) is 21.0 Å². The van der Waals surface area contributed by atoms with Gasteiger partial charge < -0.3 is 4.52 Å². The van der Waals surface area contributed by atoms with Crippen molar-refractivity contribution in [3.05, 3.63) is 35.2 Å². The Balaban J connectivity index is 1.60. The minimum Gasteiger partial charge on any atom is -0.334 e. The number of hydrogen-bond acceptors (Lipinski definition) is 5. The number of aromatic nitrogens is 2. The van der Waals surface area contributed by atoms with Crippen molar-refractivity contribution in [2.24, 2.45) is 10.6 Å². The summed E-state index contributed by atoms with van der Waals surface area (Å²) in [4.78, 5) is 4.24. The second kappa shape index (κ2) is 5.79. The molecule has 0 amide bonds. The topological polar surface area (TPSA) is 102 Å². The van der Waals surface area contributed by atoms with Crippen LogP contribution in [0.5, 0.6) is 0 Å². The largest absolute Gasteiger partial charge is 0.334 e. The van der Waals surface area contributed by atoms with Crippen LogP contribution in [0.2, 0.25) is 0 Å². The van der Waals surface area contributed by atoms with Gasteiger partial charge in [0.2, 0.25) is 0 Å². The summed E-state index contributed by atoms with van der Waals surface area (Å²) >= 11 is 0. The Morgan fingerprint density at radius 3 is 2.56 bits per heavy atom. The van der Waals surface area contributed by atoms with Gasteiger partial charge in [0.15, 0.2) is 5.82 Å².